The molecule has 1 aliphatic rings. The summed E-state index contributed by atoms with van der Waals surface area (Å²) in [7, 11) is 3.09. The van der Waals surface area contributed by atoms with Gasteiger partial charge in [0, 0.05) is 19.2 Å². The van der Waals surface area contributed by atoms with E-state index in [4.69, 9.17) is 4.74 Å². The van der Waals surface area contributed by atoms with Crippen LogP contribution in [-0.4, -0.2) is 49.1 Å². The smallest absolute Gasteiger partial charge is 0.282 e. The first kappa shape index (κ1) is 18.6. The highest BCUT2D eigenvalue weighted by Gasteiger charge is 2.42. The van der Waals surface area contributed by atoms with Gasteiger partial charge < -0.3 is 14.7 Å². The number of aliphatic hydroxyl groups excluding tert-OH is 1. The largest absolute Gasteiger partial charge is 0.496 e. The van der Waals surface area contributed by atoms with Gasteiger partial charge in [0.05, 0.1) is 25.0 Å². The molecule has 0 spiro atoms. The van der Waals surface area contributed by atoms with Crippen molar-refractivity contribution in [1.82, 2.24) is 4.90 Å². The number of halogens is 1. The van der Waals surface area contributed by atoms with Crippen molar-refractivity contribution in [2.75, 3.05) is 32.2 Å². The van der Waals surface area contributed by atoms with Crippen LogP contribution >= 0.6 is 0 Å². The molecule has 2 aromatic rings. The maximum atomic E-state index is 13.7. The van der Waals surface area contributed by atoms with E-state index in [-0.39, 0.29) is 30.1 Å². The number of amides is 2. The third kappa shape index (κ3) is 3.29. The first-order chi connectivity index (χ1) is 13.0. The molecule has 0 aromatic heterocycles. The Bertz CT molecular complexity index is 926. The Morgan fingerprint density at radius 3 is 2.52 bits per heavy atom. The molecule has 0 atom stereocenters. The van der Waals surface area contributed by atoms with Crippen molar-refractivity contribution in [2.45, 2.75) is 0 Å². The average Bonchev–Trinajstić information content (AvgIpc) is 2.92. The zero-order valence-corrected chi connectivity index (χ0v) is 15.0. The molecule has 0 aliphatic carbocycles. The van der Waals surface area contributed by atoms with Gasteiger partial charge in [-0.1, -0.05) is 24.3 Å². The van der Waals surface area contributed by atoms with E-state index < -0.39 is 17.6 Å². The van der Waals surface area contributed by atoms with Crippen LogP contribution in [0, 0.1) is 5.82 Å². The minimum Gasteiger partial charge on any atom is -0.496 e. The Morgan fingerprint density at radius 2 is 1.85 bits per heavy atom. The number of carbonyl (C=O) groups excluding carboxylic acids is 2. The molecule has 6 nitrogen and oxygen atoms in total. The SMILES string of the molecule is COc1ccccc1C1=C(N(C)CCO)C(=O)N(c2cccc(F)c2)C1=O. The number of aliphatic hydroxyl groups is 1. The lowest BCUT2D eigenvalue weighted by Gasteiger charge is -2.20. The van der Waals surface area contributed by atoms with Gasteiger partial charge in [0.2, 0.25) is 0 Å². The minimum absolute atomic E-state index is 0.128. The fourth-order valence-corrected chi connectivity index (χ4v) is 3.08. The van der Waals surface area contributed by atoms with Gasteiger partial charge in [0.1, 0.15) is 17.3 Å². The molecular weight excluding hydrogens is 351 g/mol. The number of hydrogen-bond donors (Lipinski definition) is 1. The van der Waals surface area contributed by atoms with Gasteiger partial charge in [-0.25, -0.2) is 9.29 Å². The standard InChI is InChI=1S/C20H19FN2O4/c1-22(10-11-24)18-17(15-8-3-4-9-16(15)27-2)19(25)23(20(18)26)14-7-5-6-13(21)12-14/h3-9,12,24H,10-11H2,1-2H3. The molecule has 0 radical (unpaired) electrons. The molecule has 1 N–H and O–H groups in total. The summed E-state index contributed by atoms with van der Waals surface area (Å²) in [5, 5.41) is 9.28. The molecule has 0 unspecified atom stereocenters. The molecule has 7 heteroatoms. The van der Waals surface area contributed by atoms with E-state index in [0.717, 1.165) is 11.0 Å². The number of ether oxygens (including phenoxy) is 1. The Hall–Kier alpha value is -3.19. The quantitative estimate of drug-likeness (QED) is 0.788. The molecule has 2 aromatic carbocycles. The molecular formula is C20H19FN2O4. The number of para-hydroxylation sites is 1. The highest BCUT2D eigenvalue weighted by atomic mass is 19.1. The lowest BCUT2D eigenvalue weighted by molar-refractivity contribution is -0.120. The molecule has 1 aliphatic heterocycles. The molecule has 0 bridgehead atoms. The topological polar surface area (TPSA) is 70.1 Å². The van der Waals surface area contributed by atoms with Gasteiger partial charge in [-0.05, 0) is 24.3 Å². The molecule has 1 heterocycles. The van der Waals surface area contributed by atoms with Crippen molar-refractivity contribution >= 4 is 23.1 Å². The van der Waals surface area contributed by atoms with Gasteiger partial charge in [0.15, 0.2) is 0 Å². The normalized spacial score (nSPS) is 14.1. The van der Waals surface area contributed by atoms with E-state index >= 15 is 0 Å². The summed E-state index contributed by atoms with van der Waals surface area (Å²) < 4.78 is 19.0. The van der Waals surface area contributed by atoms with E-state index in [9.17, 15) is 19.1 Å². The highest BCUT2D eigenvalue weighted by Crippen LogP contribution is 2.37. The van der Waals surface area contributed by atoms with Gasteiger partial charge in [0.25, 0.3) is 11.8 Å². The molecule has 0 saturated carbocycles. The van der Waals surface area contributed by atoms with Crippen molar-refractivity contribution in [3.05, 3.63) is 65.6 Å². The summed E-state index contributed by atoms with van der Waals surface area (Å²) in [5.41, 5.74) is 0.877. The number of rotatable bonds is 6. The van der Waals surface area contributed by atoms with Crippen molar-refractivity contribution in [3.63, 3.8) is 0 Å². The van der Waals surface area contributed by atoms with Gasteiger partial charge in [-0.3, -0.25) is 9.59 Å². The molecule has 2 amide bonds. The predicted octanol–water partition coefficient (Wildman–Crippen LogP) is 2.04. The number of benzene rings is 2. The number of carbonyl (C=O) groups is 2. The van der Waals surface area contributed by atoms with E-state index in [1.807, 2.05) is 0 Å². The first-order valence-corrected chi connectivity index (χ1v) is 8.33. The molecule has 3 rings (SSSR count). The summed E-state index contributed by atoms with van der Waals surface area (Å²) >= 11 is 0. The second-order valence-electron chi connectivity index (χ2n) is 5.99. The van der Waals surface area contributed by atoms with Crippen LogP contribution in [0.2, 0.25) is 0 Å². The van der Waals surface area contributed by atoms with Gasteiger partial charge >= 0.3 is 0 Å². The Balaban J connectivity index is 2.18. The Kier molecular flexibility index (Phi) is 5.23. The lowest BCUT2D eigenvalue weighted by atomic mass is 10.0. The van der Waals surface area contributed by atoms with E-state index in [1.165, 1.54) is 30.2 Å². The number of anilines is 1. The van der Waals surface area contributed by atoms with E-state index in [1.54, 1.807) is 31.3 Å². The van der Waals surface area contributed by atoms with Crippen LogP contribution in [0.15, 0.2) is 54.2 Å². The van der Waals surface area contributed by atoms with Gasteiger partial charge in [-0.15, -0.1) is 0 Å². The van der Waals surface area contributed by atoms with Crippen LogP contribution in [0.3, 0.4) is 0 Å². The van der Waals surface area contributed by atoms with Crippen molar-refractivity contribution in [3.8, 4) is 5.75 Å². The summed E-state index contributed by atoms with van der Waals surface area (Å²) in [6.45, 7) is -0.0371. The van der Waals surface area contributed by atoms with Crippen LogP contribution in [0.5, 0.6) is 5.75 Å². The minimum atomic E-state index is -0.581. The number of likely N-dealkylation sites (N-methyl/N-ethyl adjacent to an activating group) is 1. The molecule has 140 valence electrons. The van der Waals surface area contributed by atoms with E-state index in [0.29, 0.717) is 11.3 Å². The van der Waals surface area contributed by atoms with Crippen LogP contribution in [0.25, 0.3) is 5.57 Å². The second kappa shape index (κ2) is 7.59. The van der Waals surface area contributed by atoms with Crippen molar-refractivity contribution in [2.24, 2.45) is 0 Å². The Morgan fingerprint density at radius 1 is 1.11 bits per heavy atom. The summed E-state index contributed by atoms with van der Waals surface area (Å²) in [6.07, 6.45) is 0. The maximum Gasteiger partial charge on any atom is 0.282 e. The molecule has 0 fully saturated rings. The first-order valence-electron chi connectivity index (χ1n) is 8.33. The fourth-order valence-electron chi connectivity index (χ4n) is 3.08. The van der Waals surface area contributed by atoms with Crippen molar-refractivity contribution < 1.29 is 23.8 Å². The maximum absolute atomic E-state index is 13.7. The Labute approximate surface area is 156 Å². The zero-order chi connectivity index (χ0) is 19.6. The zero-order valence-electron chi connectivity index (χ0n) is 15.0. The predicted molar refractivity (Wildman–Crippen MR) is 98.5 cm³/mol. The summed E-state index contributed by atoms with van der Waals surface area (Å²) in [5.74, 6) is -1.27. The summed E-state index contributed by atoms with van der Waals surface area (Å²) in [6, 6.07) is 12.2. The number of methoxy groups -OCH3 is 1. The van der Waals surface area contributed by atoms with Crippen molar-refractivity contribution in [1.29, 1.82) is 0 Å². The van der Waals surface area contributed by atoms with Crippen LogP contribution in [0.1, 0.15) is 5.56 Å². The number of hydrogen-bond acceptors (Lipinski definition) is 5. The highest BCUT2D eigenvalue weighted by molar-refractivity contribution is 6.45. The molecule has 27 heavy (non-hydrogen) atoms. The lowest BCUT2D eigenvalue weighted by Crippen LogP contribution is -2.34. The molecule has 0 saturated heterocycles. The van der Waals surface area contributed by atoms with Crippen LogP contribution in [0.4, 0.5) is 10.1 Å². The third-order valence-corrected chi connectivity index (χ3v) is 4.32. The third-order valence-electron chi connectivity index (χ3n) is 4.32. The summed E-state index contributed by atoms with van der Waals surface area (Å²) in [4.78, 5) is 28.7. The average molecular weight is 370 g/mol. The van der Waals surface area contributed by atoms with Crippen LogP contribution < -0.4 is 9.64 Å². The van der Waals surface area contributed by atoms with E-state index in [2.05, 4.69) is 0 Å². The fraction of sp³-hybridized carbons (Fsp3) is 0.200. The number of imide groups is 1. The van der Waals surface area contributed by atoms with Crippen LogP contribution in [-0.2, 0) is 9.59 Å². The monoisotopic (exact) mass is 370 g/mol. The second-order valence-corrected chi connectivity index (χ2v) is 5.99. The number of nitrogens with zero attached hydrogens (tertiary/aromatic N) is 2. The van der Waals surface area contributed by atoms with Gasteiger partial charge in [-0.2, -0.15) is 0 Å².